The molecule has 164 valence electrons. The number of nitrogens with one attached hydrogen (secondary N) is 1. The smallest absolute Gasteiger partial charge is 0.302 e. The maximum absolute atomic E-state index is 13.0. The summed E-state index contributed by atoms with van der Waals surface area (Å²) in [5, 5.41) is 0. The van der Waals surface area contributed by atoms with Gasteiger partial charge in [0.2, 0.25) is 0 Å². The predicted molar refractivity (Wildman–Crippen MR) is 110 cm³/mol. The topological polar surface area (TPSA) is 58.1 Å². The Labute approximate surface area is 173 Å². The van der Waals surface area contributed by atoms with Crippen molar-refractivity contribution < 1.29 is 13.2 Å². The quantitative estimate of drug-likeness (QED) is 0.800. The highest BCUT2D eigenvalue weighted by Gasteiger charge is 2.60. The molecule has 1 aromatic carbocycles. The van der Waals surface area contributed by atoms with Crippen molar-refractivity contribution in [1.29, 1.82) is 0 Å². The van der Waals surface area contributed by atoms with Crippen LogP contribution in [-0.2, 0) is 18.1 Å². The van der Waals surface area contributed by atoms with Crippen LogP contribution in [0.5, 0.6) is 0 Å². The maximum atomic E-state index is 13.0. The van der Waals surface area contributed by atoms with Crippen molar-refractivity contribution in [3.63, 3.8) is 0 Å². The number of aryl methyl sites for hydroxylation is 2. The minimum absolute atomic E-state index is 0.160. The molecule has 8 heteroatoms. The number of hydrogen-bond donors (Lipinski definition) is 1. The van der Waals surface area contributed by atoms with E-state index in [-0.39, 0.29) is 11.0 Å². The number of alkyl halides is 3. The Morgan fingerprint density at radius 1 is 1.20 bits per heavy atom. The normalized spacial score (nSPS) is 22.9. The number of fused-ring (bicyclic) bond motifs is 1. The van der Waals surface area contributed by atoms with E-state index in [0.29, 0.717) is 18.0 Å². The average molecular weight is 423 g/mol. The summed E-state index contributed by atoms with van der Waals surface area (Å²) >= 11 is 0. The second-order valence-electron chi connectivity index (χ2n) is 7.99. The van der Waals surface area contributed by atoms with Crippen LogP contribution in [-0.4, -0.2) is 34.1 Å². The van der Waals surface area contributed by atoms with Crippen LogP contribution in [0.15, 0.2) is 40.1 Å². The monoisotopic (exact) mass is 423 g/mol. The molecule has 0 spiro atoms. The second-order valence-corrected chi connectivity index (χ2v) is 7.99. The number of likely N-dealkylation sites (tertiary alicyclic amines) is 1. The minimum atomic E-state index is -4.32. The summed E-state index contributed by atoms with van der Waals surface area (Å²) in [4.78, 5) is 27.8. The first-order chi connectivity index (χ1) is 14.2. The lowest BCUT2D eigenvalue weighted by Crippen LogP contribution is -2.32. The first-order valence-corrected chi connectivity index (χ1v) is 10.4. The van der Waals surface area contributed by atoms with E-state index in [1.807, 2.05) is 13.8 Å². The molecule has 2 fully saturated rings. The lowest BCUT2D eigenvalue weighted by atomic mass is 9.93. The van der Waals surface area contributed by atoms with E-state index in [4.69, 9.17) is 0 Å². The molecule has 0 bridgehead atoms. The van der Waals surface area contributed by atoms with Gasteiger partial charge in [0.25, 0.3) is 5.56 Å². The molecule has 0 unspecified atom stereocenters. The van der Waals surface area contributed by atoms with Crippen LogP contribution in [0, 0.1) is 12.8 Å². The van der Waals surface area contributed by atoms with Gasteiger partial charge < -0.3 is 9.47 Å². The molecule has 2 aliphatic rings. The molecule has 30 heavy (non-hydrogen) atoms. The van der Waals surface area contributed by atoms with Crippen LogP contribution in [0.1, 0.15) is 43.4 Å². The molecule has 0 amide bonds. The SMILES string of the molecule is CC.Cc1cn(CCCN2C[C@H]3C[C@@]3(c3cccc(C(F)(F)F)c3)C2)c(=O)[nH]c1=O. The summed E-state index contributed by atoms with van der Waals surface area (Å²) < 4.78 is 40.6. The first kappa shape index (κ1) is 22.3. The van der Waals surface area contributed by atoms with Crippen molar-refractivity contribution >= 4 is 0 Å². The number of halogens is 3. The molecule has 2 aromatic rings. The van der Waals surface area contributed by atoms with Gasteiger partial charge in [-0.15, -0.1) is 0 Å². The van der Waals surface area contributed by atoms with Gasteiger partial charge in [0.15, 0.2) is 0 Å². The Morgan fingerprint density at radius 2 is 1.93 bits per heavy atom. The number of piperidine rings is 1. The standard InChI is InChI=1S/C20H22F3N3O2.C2H6/c1-13-10-26(18(28)24-17(13)27)7-3-6-25-11-16-9-19(16,12-25)14-4-2-5-15(8-14)20(21,22)23;1-2/h2,4-5,8,10,16H,3,6-7,9,11-12H2,1H3,(H,24,27,28);1-2H3/t16-,19+;/m1./s1. The molecule has 1 saturated heterocycles. The Kier molecular flexibility index (Phi) is 6.26. The second kappa shape index (κ2) is 8.41. The zero-order valence-corrected chi connectivity index (χ0v) is 17.6. The molecule has 1 aliphatic carbocycles. The van der Waals surface area contributed by atoms with Gasteiger partial charge in [-0.25, -0.2) is 4.79 Å². The van der Waals surface area contributed by atoms with Crippen LogP contribution in [0.2, 0.25) is 0 Å². The first-order valence-electron chi connectivity index (χ1n) is 10.4. The third-order valence-corrected chi connectivity index (χ3v) is 6.04. The molecule has 5 nitrogen and oxygen atoms in total. The summed E-state index contributed by atoms with van der Waals surface area (Å²) in [6, 6.07) is 5.72. The Balaban J connectivity index is 0.00000124. The number of nitrogens with zero attached hydrogens (tertiary/aromatic N) is 2. The molecule has 1 aliphatic heterocycles. The van der Waals surface area contributed by atoms with E-state index >= 15 is 0 Å². The molecule has 2 atom stereocenters. The molecular formula is C22H28F3N3O2. The van der Waals surface area contributed by atoms with E-state index in [2.05, 4.69) is 9.88 Å². The van der Waals surface area contributed by atoms with Crippen LogP contribution in [0.25, 0.3) is 0 Å². The third kappa shape index (κ3) is 4.38. The average Bonchev–Trinajstić information content (AvgIpc) is 3.28. The van der Waals surface area contributed by atoms with Gasteiger partial charge in [-0.1, -0.05) is 32.0 Å². The van der Waals surface area contributed by atoms with Gasteiger partial charge >= 0.3 is 11.9 Å². The third-order valence-electron chi connectivity index (χ3n) is 6.04. The predicted octanol–water partition coefficient (Wildman–Crippen LogP) is 3.55. The maximum Gasteiger partial charge on any atom is 0.416 e. The van der Waals surface area contributed by atoms with Gasteiger partial charge in [-0.3, -0.25) is 9.78 Å². The number of benzene rings is 1. The van der Waals surface area contributed by atoms with Crippen LogP contribution < -0.4 is 11.2 Å². The molecular weight excluding hydrogens is 395 g/mol. The van der Waals surface area contributed by atoms with E-state index in [1.54, 1.807) is 19.2 Å². The zero-order chi connectivity index (χ0) is 22.1. The molecule has 2 heterocycles. The lowest BCUT2D eigenvalue weighted by Gasteiger charge is -2.21. The van der Waals surface area contributed by atoms with Crippen molar-refractivity contribution in [2.45, 2.75) is 51.7 Å². The number of hydrogen-bond acceptors (Lipinski definition) is 3. The fourth-order valence-corrected chi connectivity index (χ4v) is 4.46. The molecule has 0 radical (unpaired) electrons. The van der Waals surface area contributed by atoms with E-state index in [0.717, 1.165) is 44.1 Å². The number of aromatic nitrogens is 2. The Bertz CT molecular complexity index is 1010. The summed E-state index contributed by atoms with van der Waals surface area (Å²) in [6.45, 7) is 8.53. The highest BCUT2D eigenvalue weighted by molar-refractivity contribution is 5.40. The fourth-order valence-electron chi connectivity index (χ4n) is 4.46. The van der Waals surface area contributed by atoms with E-state index < -0.39 is 17.4 Å². The Hall–Kier alpha value is -2.35. The van der Waals surface area contributed by atoms with Crippen molar-refractivity contribution in [2.75, 3.05) is 19.6 Å². The van der Waals surface area contributed by atoms with E-state index in [1.165, 1.54) is 16.7 Å². The minimum Gasteiger partial charge on any atom is -0.302 e. The largest absolute Gasteiger partial charge is 0.416 e. The van der Waals surface area contributed by atoms with Crippen molar-refractivity contribution in [1.82, 2.24) is 14.5 Å². The molecule has 1 aromatic heterocycles. The molecule has 1 saturated carbocycles. The van der Waals surface area contributed by atoms with Gasteiger partial charge in [0, 0.05) is 36.8 Å². The van der Waals surface area contributed by atoms with Crippen molar-refractivity contribution in [3.05, 3.63) is 68.0 Å². The van der Waals surface area contributed by atoms with Crippen LogP contribution in [0.3, 0.4) is 0 Å². The summed E-state index contributed by atoms with van der Waals surface area (Å²) in [6.07, 6.45) is -1.09. The molecule has 1 N–H and O–H groups in total. The number of rotatable bonds is 5. The van der Waals surface area contributed by atoms with Crippen molar-refractivity contribution in [3.8, 4) is 0 Å². The molecule has 4 rings (SSSR count). The van der Waals surface area contributed by atoms with Gasteiger partial charge in [0.1, 0.15) is 0 Å². The zero-order valence-electron chi connectivity index (χ0n) is 17.6. The summed E-state index contributed by atoms with van der Waals surface area (Å²) in [5.41, 5.74) is -0.263. The number of H-pyrrole nitrogens is 1. The summed E-state index contributed by atoms with van der Waals surface area (Å²) in [5.74, 6) is 0.397. The van der Waals surface area contributed by atoms with Gasteiger partial charge in [-0.05, 0) is 43.9 Å². The highest BCUT2D eigenvalue weighted by Crippen LogP contribution is 2.59. The highest BCUT2D eigenvalue weighted by atomic mass is 19.4. The Morgan fingerprint density at radius 3 is 2.63 bits per heavy atom. The summed E-state index contributed by atoms with van der Waals surface area (Å²) in [7, 11) is 0. The van der Waals surface area contributed by atoms with Gasteiger partial charge in [0.05, 0.1) is 5.56 Å². The van der Waals surface area contributed by atoms with Crippen LogP contribution >= 0.6 is 0 Å². The van der Waals surface area contributed by atoms with Crippen LogP contribution in [0.4, 0.5) is 13.2 Å². The van der Waals surface area contributed by atoms with Gasteiger partial charge in [-0.2, -0.15) is 13.2 Å². The number of aromatic amines is 1. The fraction of sp³-hybridized carbons (Fsp3) is 0.545. The van der Waals surface area contributed by atoms with Crippen molar-refractivity contribution in [2.24, 2.45) is 5.92 Å². The lowest BCUT2D eigenvalue weighted by molar-refractivity contribution is -0.137. The van der Waals surface area contributed by atoms with E-state index in [9.17, 15) is 22.8 Å².